The van der Waals surface area contributed by atoms with Gasteiger partial charge in [-0.15, -0.1) is 0 Å². The van der Waals surface area contributed by atoms with Crippen molar-refractivity contribution in [2.24, 2.45) is 0 Å². The molecule has 1 aliphatic carbocycles. The maximum atomic E-state index is 5.43. The Balaban J connectivity index is 1.62. The molecule has 4 rings (SSSR count). The molecular formula is C17H23N5O. The lowest BCUT2D eigenvalue weighted by Crippen LogP contribution is -2.46. The Kier molecular flexibility index (Phi) is 3.77. The van der Waals surface area contributed by atoms with Crippen molar-refractivity contribution >= 4 is 5.95 Å². The highest BCUT2D eigenvalue weighted by molar-refractivity contribution is 5.62. The molecule has 0 aromatic carbocycles. The van der Waals surface area contributed by atoms with E-state index in [-0.39, 0.29) is 0 Å². The molecule has 2 aliphatic rings. The Morgan fingerprint density at radius 2 is 2.00 bits per heavy atom. The van der Waals surface area contributed by atoms with Crippen LogP contribution in [0.3, 0.4) is 0 Å². The lowest BCUT2D eigenvalue weighted by Gasteiger charge is -2.34. The molecule has 0 amide bonds. The molecule has 0 unspecified atom stereocenters. The van der Waals surface area contributed by atoms with Gasteiger partial charge in [0.15, 0.2) is 5.76 Å². The Hall–Kier alpha value is -1.95. The number of piperazine rings is 1. The number of aromatic nitrogens is 3. The van der Waals surface area contributed by atoms with Crippen LogP contribution in [0.15, 0.2) is 16.8 Å². The number of anilines is 1. The van der Waals surface area contributed by atoms with E-state index in [1.54, 1.807) is 0 Å². The van der Waals surface area contributed by atoms with Gasteiger partial charge in [-0.1, -0.05) is 12.1 Å². The molecule has 0 spiro atoms. The van der Waals surface area contributed by atoms with Gasteiger partial charge < -0.3 is 14.3 Å². The molecule has 0 bridgehead atoms. The Bertz CT molecular complexity index is 686. The number of aryl methyl sites for hydroxylation is 1. The zero-order valence-electron chi connectivity index (χ0n) is 13.8. The first-order valence-electron chi connectivity index (χ1n) is 8.52. The van der Waals surface area contributed by atoms with Crippen molar-refractivity contribution in [2.45, 2.75) is 32.6 Å². The third-order valence-electron chi connectivity index (χ3n) is 4.77. The zero-order valence-corrected chi connectivity index (χ0v) is 13.8. The van der Waals surface area contributed by atoms with Crippen molar-refractivity contribution in [3.8, 4) is 11.3 Å². The molecule has 122 valence electrons. The fourth-order valence-electron chi connectivity index (χ4n) is 3.15. The number of rotatable bonds is 4. The van der Waals surface area contributed by atoms with Crippen LogP contribution < -0.4 is 4.90 Å². The molecule has 23 heavy (non-hydrogen) atoms. The van der Waals surface area contributed by atoms with Crippen LogP contribution in [0, 0.1) is 6.92 Å². The summed E-state index contributed by atoms with van der Waals surface area (Å²) in [4.78, 5) is 14.3. The summed E-state index contributed by atoms with van der Waals surface area (Å²) in [5.41, 5.74) is 3.02. The molecule has 6 nitrogen and oxygen atoms in total. The third kappa shape index (κ3) is 2.95. The van der Waals surface area contributed by atoms with E-state index >= 15 is 0 Å². The second-order valence-electron chi connectivity index (χ2n) is 6.50. The fourth-order valence-corrected chi connectivity index (χ4v) is 3.15. The first-order chi connectivity index (χ1) is 11.2. The van der Waals surface area contributed by atoms with E-state index in [2.05, 4.69) is 26.9 Å². The van der Waals surface area contributed by atoms with Crippen LogP contribution in [-0.4, -0.2) is 52.7 Å². The van der Waals surface area contributed by atoms with Gasteiger partial charge in [0.1, 0.15) is 0 Å². The Morgan fingerprint density at radius 1 is 1.22 bits per heavy atom. The summed E-state index contributed by atoms with van der Waals surface area (Å²) in [6.07, 6.45) is 4.34. The van der Waals surface area contributed by atoms with Crippen molar-refractivity contribution in [1.82, 2.24) is 20.0 Å². The normalized spacial score (nSPS) is 19.3. The van der Waals surface area contributed by atoms with Gasteiger partial charge in [0, 0.05) is 44.4 Å². The standard InChI is InChI=1S/C17H23N5O/c1-3-21-6-8-22(9-7-21)17-18-11-14(15-10-12(2)20-23-15)16(19-17)13-4-5-13/h10-11,13H,3-9H2,1-2H3. The van der Waals surface area contributed by atoms with E-state index in [1.807, 2.05) is 19.2 Å². The lowest BCUT2D eigenvalue weighted by molar-refractivity contribution is 0.270. The summed E-state index contributed by atoms with van der Waals surface area (Å²) in [6, 6.07) is 1.96. The minimum atomic E-state index is 0.550. The molecule has 3 heterocycles. The summed E-state index contributed by atoms with van der Waals surface area (Å²) < 4.78 is 5.43. The first kappa shape index (κ1) is 14.6. The number of hydrogen-bond donors (Lipinski definition) is 0. The highest BCUT2D eigenvalue weighted by Crippen LogP contribution is 2.43. The van der Waals surface area contributed by atoms with Gasteiger partial charge in [0.05, 0.1) is 17.0 Å². The van der Waals surface area contributed by atoms with Gasteiger partial charge in [-0.25, -0.2) is 9.97 Å². The monoisotopic (exact) mass is 313 g/mol. The van der Waals surface area contributed by atoms with Crippen LogP contribution in [0.5, 0.6) is 0 Å². The summed E-state index contributed by atoms with van der Waals surface area (Å²) in [6.45, 7) is 9.43. The number of nitrogens with zero attached hydrogens (tertiary/aromatic N) is 5. The fraction of sp³-hybridized carbons (Fsp3) is 0.588. The summed E-state index contributed by atoms with van der Waals surface area (Å²) in [5.74, 6) is 2.20. The van der Waals surface area contributed by atoms with E-state index in [1.165, 1.54) is 12.8 Å². The average molecular weight is 313 g/mol. The van der Waals surface area contributed by atoms with Crippen molar-refractivity contribution in [3.05, 3.63) is 23.7 Å². The Morgan fingerprint density at radius 3 is 2.61 bits per heavy atom. The maximum absolute atomic E-state index is 5.43. The van der Waals surface area contributed by atoms with Gasteiger partial charge in [-0.3, -0.25) is 0 Å². The van der Waals surface area contributed by atoms with Crippen LogP contribution in [0.4, 0.5) is 5.95 Å². The van der Waals surface area contributed by atoms with Crippen molar-refractivity contribution in [3.63, 3.8) is 0 Å². The van der Waals surface area contributed by atoms with Gasteiger partial charge >= 0.3 is 0 Å². The summed E-state index contributed by atoms with van der Waals surface area (Å²) in [7, 11) is 0. The van der Waals surface area contributed by atoms with Crippen LogP contribution in [0.1, 0.15) is 37.1 Å². The maximum Gasteiger partial charge on any atom is 0.225 e. The molecule has 1 saturated heterocycles. The molecule has 6 heteroatoms. The van der Waals surface area contributed by atoms with Gasteiger partial charge in [-0.05, 0) is 26.3 Å². The first-order valence-corrected chi connectivity index (χ1v) is 8.52. The number of likely N-dealkylation sites (N-methyl/N-ethyl adjacent to an activating group) is 1. The van der Waals surface area contributed by atoms with Crippen molar-refractivity contribution in [1.29, 1.82) is 0 Å². The molecule has 0 N–H and O–H groups in total. The molecule has 1 aliphatic heterocycles. The molecule has 1 saturated carbocycles. The van der Waals surface area contributed by atoms with Crippen molar-refractivity contribution in [2.75, 3.05) is 37.6 Å². The topological polar surface area (TPSA) is 58.3 Å². The highest BCUT2D eigenvalue weighted by atomic mass is 16.5. The smallest absolute Gasteiger partial charge is 0.225 e. The van der Waals surface area contributed by atoms with Gasteiger partial charge in [-0.2, -0.15) is 0 Å². The van der Waals surface area contributed by atoms with Crippen LogP contribution in [-0.2, 0) is 0 Å². The number of hydrogen-bond acceptors (Lipinski definition) is 6. The quantitative estimate of drug-likeness (QED) is 0.864. The molecule has 2 fully saturated rings. The molecule has 0 atom stereocenters. The molecule has 0 radical (unpaired) electrons. The lowest BCUT2D eigenvalue weighted by atomic mass is 10.1. The highest BCUT2D eigenvalue weighted by Gasteiger charge is 2.31. The predicted molar refractivity (Wildman–Crippen MR) is 88.6 cm³/mol. The second-order valence-corrected chi connectivity index (χ2v) is 6.50. The predicted octanol–water partition coefficient (Wildman–Crippen LogP) is 2.46. The van der Waals surface area contributed by atoms with Crippen LogP contribution in [0.2, 0.25) is 0 Å². The molecule has 2 aromatic heterocycles. The second kappa shape index (κ2) is 5.92. The van der Waals surface area contributed by atoms with E-state index in [4.69, 9.17) is 9.51 Å². The van der Waals surface area contributed by atoms with Gasteiger partial charge in [0.2, 0.25) is 5.95 Å². The minimum absolute atomic E-state index is 0.550. The largest absolute Gasteiger partial charge is 0.356 e. The van der Waals surface area contributed by atoms with Crippen LogP contribution >= 0.6 is 0 Å². The summed E-state index contributed by atoms with van der Waals surface area (Å²) in [5, 5.41) is 4.00. The van der Waals surface area contributed by atoms with Crippen LogP contribution in [0.25, 0.3) is 11.3 Å². The van der Waals surface area contributed by atoms with E-state index in [0.29, 0.717) is 5.92 Å². The zero-order chi connectivity index (χ0) is 15.8. The minimum Gasteiger partial charge on any atom is -0.356 e. The average Bonchev–Trinajstić information content (AvgIpc) is 3.36. The molecule has 2 aromatic rings. The third-order valence-corrected chi connectivity index (χ3v) is 4.77. The summed E-state index contributed by atoms with van der Waals surface area (Å²) >= 11 is 0. The van der Waals surface area contributed by atoms with Crippen molar-refractivity contribution < 1.29 is 4.52 Å². The molecular weight excluding hydrogens is 290 g/mol. The van der Waals surface area contributed by atoms with E-state index in [0.717, 1.165) is 61.4 Å². The Labute approximate surface area is 136 Å². The SMILES string of the molecule is CCN1CCN(c2ncc(-c3cc(C)no3)c(C3CC3)n2)CC1. The van der Waals surface area contributed by atoms with E-state index in [9.17, 15) is 0 Å². The van der Waals surface area contributed by atoms with Gasteiger partial charge in [0.25, 0.3) is 0 Å². The van der Waals surface area contributed by atoms with E-state index < -0.39 is 0 Å².